The molecule has 0 unspecified atom stereocenters. The zero-order chi connectivity index (χ0) is 21.1. The molecule has 0 aliphatic carbocycles. The minimum Gasteiger partial charge on any atom is -0.465 e. The fraction of sp³-hybridized carbons (Fsp3) is 0.0833. The molecule has 4 rings (SSSR count). The Hall–Kier alpha value is -3.90. The first-order valence-electron chi connectivity index (χ1n) is 9.50. The molecule has 0 fully saturated rings. The highest BCUT2D eigenvalue weighted by atomic mass is 16.5. The summed E-state index contributed by atoms with van der Waals surface area (Å²) in [7, 11) is 1.33. The monoisotopic (exact) mass is 399 g/mol. The topological polar surface area (TPSA) is 93.4 Å². The highest BCUT2D eigenvalue weighted by Crippen LogP contribution is 2.38. The number of methoxy groups -OCH3 is 1. The average molecular weight is 399 g/mol. The maximum Gasteiger partial charge on any atom is 0.337 e. The summed E-state index contributed by atoms with van der Waals surface area (Å²) in [5, 5.41) is 6.25. The van der Waals surface area contributed by atoms with Gasteiger partial charge in [-0.15, -0.1) is 0 Å². The Balaban J connectivity index is 1.84. The maximum atomic E-state index is 12.9. The summed E-state index contributed by atoms with van der Waals surface area (Å²) in [5.41, 5.74) is 11.3. The summed E-state index contributed by atoms with van der Waals surface area (Å²) in [5.74, 6) is -0.692. The van der Waals surface area contributed by atoms with E-state index in [1.807, 2.05) is 54.6 Å². The van der Waals surface area contributed by atoms with E-state index < -0.39 is 5.97 Å². The summed E-state index contributed by atoms with van der Waals surface area (Å²) in [6.07, 6.45) is 0. The lowest BCUT2D eigenvalue weighted by Gasteiger charge is -2.15. The summed E-state index contributed by atoms with van der Waals surface area (Å²) in [6.45, 7) is 0.464. The Bertz CT molecular complexity index is 1140. The predicted octanol–water partition coefficient (Wildman–Crippen LogP) is 3.86. The van der Waals surface area contributed by atoms with E-state index in [4.69, 9.17) is 10.5 Å². The van der Waals surface area contributed by atoms with Gasteiger partial charge in [0.05, 0.1) is 29.6 Å². The molecule has 1 amide bonds. The van der Waals surface area contributed by atoms with Gasteiger partial charge in [0.2, 0.25) is 0 Å². The second-order valence-corrected chi connectivity index (χ2v) is 6.85. The van der Waals surface area contributed by atoms with Crippen molar-refractivity contribution in [2.24, 2.45) is 5.73 Å². The first-order chi connectivity index (χ1) is 14.6. The van der Waals surface area contributed by atoms with Crippen LogP contribution in [0.4, 0.5) is 11.4 Å². The van der Waals surface area contributed by atoms with Crippen LogP contribution in [0.3, 0.4) is 0 Å². The van der Waals surface area contributed by atoms with E-state index in [9.17, 15) is 9.59 Å². The van der Waals surface area contributed by atoms with Gasteiger partial charge >= 0.3 is 5.97 Å². The van der Waals surface area contributed by atoms with Crippen LogP contribution in [-0.2, 0) is 16.1 Å². The molecular formula is C24H21N3O3. The van der Waals surface area contributed by atoms with Gasteiger partial charge < -0.3 is 21.1 Å². The van der Waals surface area contributed by atoms with Gasteiger partial charge in [0, 0.05) is 17.8 Å². The molecule has 0 atom stereocenters. The minimum atomic E-state index is -0.453. The molecule has 0 saturated carbocycles. The van der Waals surface area contributed by atoms with Crippen molar-refractivity contribution in [2.45, 2.75) is 6.54 Å². The van der Waals surface area contributed by atoms with E-state index in [0.29, 0.717) is 29.1 Å². The van der Waals surface area contributed by atoms with E-state index >= 15 is 0 Å². The summed E-state index contributed by atoms with van der Waals surface area (Å²) < 4.78 is 4.78. The van der Waals surface area contributed by atoms with E-state index in [0.717, 1.165) is 22.4 Å². The summed E-state index contributed by atoms with van der Waals surface area (Å²) in [4.78, 5) is 24.8. The second kappa shape index (κ2) is 8.23. The number of nitrogens with one attached hydrogen (secondary N) is 2. The maximum absolute atomic E-state index is 12.9. The number of hydrogen-bond acceptors (Lipinski definition) is 5. The van der Waals surface area contributed by atoms with E-state index in [2.05, 4.69) is 10.6 Å². The number of nitrogens with two attached hydrogens (primary N) is 1. The third-order valence-electron chi connectivity index (χ3n) is 4.96. The van der Waals surface area contributed by atoms with Crippen LogP contribution in [0.1, 0.15) is 27.0 Å². The molecule has 6 nitrogen and oxygen atoms in total. The molecule has 1 aliphatic rings. The van der Waals surface area contributed by atoms with Crippen LogP contribution in [0.5, 0.6) is 0 Å². The molecule has 0 spiro atoms. The van der Waals surface area contributed by atoms with Crippen molar-refractivity contribution in [3.8, 4) is 0 Å². The van der Waals surface area contributed by atoms with Gasteiger partial charge in [-0.1, -0.05) is 48.5 Å². The van der Waals surface area contributed by atoms with Crippen LogP contribution >= 0.6 is 0 Å². The number of carbonyl (C=O) groups excluding carboxylic acids is 2. The first kappa shape index (κ1) is 19.4. The first-order valence-corrected chi connectivity index (χ1v) is 9.50. The molecule has 150 valence electrons. The highest BCUT2D eigenvalue weighted by Gasteiger charge is 2.29. The fourth-order valence-corrected chi connectivity index (χ4v) is 3.42. The zero-order valence-electron chi connectivity index (χ0n) is 16.4. The van der Waals surface area contributed by atoms with Gasteiger partial charge in [-0.05, 0) is 35.4 Å². The van der Waals surface area contributed by atoms with Crippen LogP contribution < -0.4 is 16.4 Å². The Morgan fingerprint density at radius 1 is 1.00 bits per heavy atom. The molecule has 1 heterocycles. The summed E-state index contributed by atoms with van der Waals surface area (Å²) >= 11 is 0. The zero-order valence-corrected chi connectivity index (χ0v) is 16.4. The Kier molecular flexibility index (Phi) is 5.32. The lowest BCUT2D eigenvalue weighted by atomic mass is 9.99. The van der Waals surface area contributed by atoms with Gasteiger partial charge in [0.15, 0.2) is 0 Å². The van der Waals surface area contributed by atoms with Crippen molar-refractivity contribution in [1.29, 1.82) is 0 Å². The third kappa shape index (κ3) is 3.68. The van der Waals surface area contributed by atoms with Crippen molar-refractivity contribution in [2.75, 3.05) is 17.7 Å². The van der Waals surface area contributed by atoms with Gasteiger partial charge in [-0.3, -0.25) is 4.79 Å². The number of ether oxygens (including phenoxy) is 1. The van der Waals surface area contributed by atoms with E-state index in [1.54, 1.807) is 18.2 Å². The molecule has 30 heavy (non-hydrogen) atoms. The van der Waals surface area contributed by atoms with Crippen LogP contribution in [0.15, 0.2) is 72.8 Å². The lowest BCUT2D eigenvalue weighted by Crippen LogP contribution is -2.10. The highest BCUT2D eigenvalue weighted by molar-refractivity contribution is 6.37. The normalized spacial score (nSPS) is 14.0. The van der Waals surface area contributed by atoms with Gasteiger partial charge in [-0.25, -0.2) is 4.79 Å². The Morgan fingerprint density at radius 2 is 1.73 bits per heavy atom. The number of anilines is 2. The number of esters is 1. The van der Waals surface area contributed by atoms with E-state index in [-0.39, 0.29) is 5.91 Å². The SMILES string of the molecule is COC(=O)c1ccc2c(c1)NC(=O)C2=C(Nc1ccc(CN)cc1)c1ccccc1. The predicted molar refractivity (Wildman–Crippen MR) is 118 cm³/mol. The number of amides is 1. The number of fused-ring (bicyclic) bond motifs is 1. The number of benzene rings is 3. The van der Waals surface area contributed by atoms with Crippen molar-refractivity contribution >= 4 is 34.5 Å². The smallest absolute Gasteiger partial charge is 0.337 e. The number of rotatable bonds is 5. The van der Waals surface area contributed by atoms with Crippen molar-refractivity contribution in [3.63, 3.8) is 0 Å². The van der Waals surface area contributed by atoms with Gasteiger partial charge in [-0.2, -0.15) is 0 Å². The molecule has 1 aliphatic heterocycles. The number of carbonyl (C=O) groups is 2. The van der Waals surface area contributed by atoms with Gasteiger partial charge in [0.1, 0.15) is 0 Å². The third-order valence-corrected chi connectivity index (χ3v) is 4.96. The fourth-order valence-electron chi connectivity index (χ4n) is 3.42. The van der Waals surface area contributed by atoms with Crippen molar-refractivity contribution in [1.82, 2.24) is 0 Å². The van der Waals surface area contributed by atoms with E-state index in [1.165, 1.54) is 7.11 Å². The molecule has 3 aromatic carbocycles. The molecule has 0 radical (unpaired) electrons. The quantitative estimate of drug-likeness (QED) is 0.447. The molecule has 0 aromatic heterocycles. The Labute approximate surface area is 174 Å². The summed E-state index contributed by atoms with van der Waals surface area (Å²) in [6, 6.07) is 22.4. The molecule has 3 aromatic rings. The van der Waals surface area contributed by atoms with Crippen LogP contribution in [0, 0.1) is 0 Å². The molecule has 0 bridgehead atoms. The lowest BCUT2D eigenvalue weighted by molar-refractivity contribution is -0.110. The Morgan fingerprint density at radius 3 is 2.40 bits per heavy atom. The largest absolute Gasteiger partial charge is 0.465 e. The molecule has 0 saturated heterocycles. The molecule has 4 N–H and O–H groups in total. The van der Waals surface area contributed by atoms with Crippen molar-refractivity contribution in [3.05, 3.63) is 95.1 Å². The van der Waals surface area contributed by atoms with Crippen molar-refractivity contribution < 1.29 is 14.3 Å². The van der Waals surface area contributed by atoms with Crippen LogP contribution in [0.25, 0.3) is 11.3 Å². The second-order valence-electron chi connectivity index (χ2n) is 6.85. The molecule has 6 heteroatoms. The average Bonchev–Trinajstić information content (AvgIpc) is 3.12. The number of hydrogen-bond donors (Lipinski definition) is 3. The minimum absolute atomic E-state index is 0.239. The molecular weight excluding hydrogens is 378 g/mol. The van der Waals surface area contributed by atoms with Gasteiger partial charge in [0.25, 0.3) is 5.91 Å². The van der Waals surface area contributed by atoms with Crippen LogP contribution in [-0.4, -0.2) is 19.0 Å². The van der Waals surface area contributed by atoms with Crippen LogP contribution in [0.2, 0.25) is 0 Å². The standard InChI is InChI=1S/C24H21N3O3/c1-30-24(29)17-9-12-19-20(13-17)27-23(28)21(19)22(16-5-3-2-4-6-16)26-18-10-7-15(14-25)8-11-18/h2-13,26H,14,25H2,1H3,(H,27,28).